The first-order valence-corrected chi connectivity index (χ1v) is 6.03. The summed E-state index contributed by atoms with van der Waals surface area (Å²) in [6.45, 7) is 3.71. The second-order valence-electron chi connectivity index (χ2n) is 2.55. The van der Waals surface area contributed by atoms with E-state index in [0.29, 0.717) is 0 Å². The highest BCUT2D eigenvalue weighted by Gasteiger charge is 2.00. The van der Waals surface area contributed by atoms with Gasteiger partial charge in [-0.25, -0.2) is 4.28 Å². The average molecular weight is 243 g/mol. The van der Waals surface area contributed by atoms with E-state index in [-0.39, 0.29) is 7.43 Å². The van der Waals surface area contributed by atoms with Crippen LogP contribution in [0.4, 0.5) is 0 Å². The monoisotopic (exact) mass is 243 g/mol. The van der Waals surface area contributed by atoms with Gasteiger partial charge in [0.1, 0.15) is 0 Å². The lowest BCUT2D eigenvalue weighted by Gasteiger charge is -2.12. The molecule has 0 N–H and O–H groups in total. The van der Waals surface area contributed by atoms with Gasteiger partial charge in [0.05, 0.1) is 0 Å². The van der Waals surface area contributed by atoms with Crippen molar-refractivity contribution in [3.05, 3.63) is 36.4 Å². The number of hydrogen-bond donors (Lipinski definition) is 0. The van der Waals surface area contributed by atoms with E-state index in [4.69, 9.17) is 4.28 Å². The third-order valence-corrected chi connectivity index (χ3v) is 2.81. The fourth-order valence-corrected chi connectivity index (χ4v) is 2.00. The molecule has 0 unspecified atom stereocenters. The predicted octanol–water partition coefficient (Wildman–Crippen LogP) is 4.11. The molecule has 0 spiro atoms. The molecule has 0 aliphatic carbocycles. The van der Waals surface area contributed by atoms with Crippen molar-refractivity contribution in [2.24, 2.45) is 0 Å². The van der Waals surface area contributed by atoms with Gasteiger partial charge in [-0.2, -0.15) is 0 Å². The molecule has 4 heteroatoms. The number of rotatable bonds is 5. The molecule has 0 aromatic heterocycles. The van der Waals surface area contributed by atoms with Crippen LogP contribution in [0.3, 0.4) is 0 Å². The van der Waals surface area contributed by atoms with E-state index in [1.165, 1.54) is 12.0 Å². The van der Waals surface area contributed by atoms with Crippen molar-refractivity contribution < 1.29 is 4.28 Å². The SMILES string of the molecule is C.C=Cc1ccc(SN(C)OSC)cc1. The van der Waals surface area contributed by atoms with Crippen molar-refractivity contribution in [2.45, 2.75) is 12.3 Å². The maximum absolute atomic E-state index is 5.20. The zero-order chi connectivity index (χ0) is 10.4. The molecule has 0 amide bonds. The third kappa shape index (κ3) is 5.28. The first-order valence-electron chi connectivity index (χ1n) is 4.11. The Hall–Kier alpha value is -0.420. The van der Waals surface area contributed by atoms with Crippen LogP contribution in [0.2, 0.25) is 0 Å². The van der Waals surface area contributed by atoms with Crippen LogP contribution in [0, 0.1) is 0 Å². The molecule has 0 fully saturated rings. The van der Waals surface area contributed by atoms with Crippen LogP contribution in [0.25, 0.3) is 6.08 Å². The van der Waals surface area contributed by atoms with Crippen molar-refractivity contribution in [3.63, 3.8) is 0 Å². The molecule has 0 aliphatic rings. The van der Waals surface area contributed by atoms with Crippen molar-refractivity contribution in [1.29, 1.82) is 0 Å². The molecular weight excluding hydrogens is 226 g/mol. The highest BCUT2D eigenvalue weighted by atomic mass is 32.2. The Morgan fingerprint density at radius 2 is 1.93 bits per heavy atom. The summed E-state index contributed by atoms with van der Waals surface area (Å²) in [7, 11) is 1.88. The summed E-state index contributed by atoms with van der Waals surface area (Å²) in [5, 5.41) is 0. The minimum absolute atomic E-state index is 0. The van der Waals surface area contributed by atoms with Crippen molar-refractivity contribution >= 4 is 30.1 Å². The van der Waals surface area contributed by atoms with Crippen molar-refractivity contribution in [3.8, 4) is 0 Å². The average Bonchev–Trinajstić information content (AvgIpc) is 2.19. The molecule has 0 saturated carbocycles. The fourth-order valence-electron chi connectivity index (χ4n) is 0.933. The molecular formula is C11H17NOS2. The van der Waals surface area contributed by atoms with Gasteiger partial charge < -0.3 is 0 Å². The molecule has 0 saturated heterocycles. The van der Waals surface area contributed by atoms with Gasteiger partial charge in [0.2, 0.25) is 0 Å². The van der Waals surface area contributed by atoms with E-state index < -0.39 is 0 Å². The lowest BCUT2D eigenvalue weighted by molar-refractivity contribution is 0.114. The normalized spacial score (nSPS) is 9.80. The fraction of sp³-hybridized carbons (Fsp3) is 0.273. The quantitative estimate of drug-likeness (QED) is 0.438. The summed E-state index contributed by atoms with van der Waals surface area (Å²) >= 11 is 2.87. The first-order chi connectivity index (χ1) is 6.76. The number of hydrogen-bond acceptors (Lipinski definition) is 4. The van der Waals surface area contributed by atoms with E-state index in [9.17, 15) is 0 Å². The summed E-state index contributed by atoms with van der Waals surface area (Å²) in [5.41, 5.74) is 1.13. The number of nitrogens with zero attached hydrogens (tertiary/aromatic N) is 1. The van der Waals surface area contributed by atoms with Gasteiger partial charge in [-0.3, -0.25) is 0 Å². The van der Waals surface area contributed by atoms with Crippen LogP contribution in [0.15, 0.2) is 35.7 Å². The number of hydroxylamine groups is 1. The Morgan fingerprint density at radius 1 is 1.33 bits per heavy atom. The van der Waals surface area contributed by atoms with E-state index in [1.807, 2.05) is 43.6 Å². The summed E-state index contributed by atoms with van der Waals surface area (Å²) in [6.07, 6.45) is 3.72. The Labute approximate surface area is 101 Å². The van der Waals surface area contributed by atoms with Gasteiger partial charge in [0.15, 0.2) is 0 Å². The smallest absolute Gasteiger partial charge is 0.0259 e. The maximum atomic E-state index is 5.20. The van der Waals surface area contributed by atoms with Gasteiger partial charge >= 0.3 is 0 Å². The summed E-state index contributed by atoms with van der Waals surface area (Å²) in [5.74, 6) is 0. The van der Waals surface area contributed by atoms with Gasteiger partial charge in [-0.15, -0.1) is 4.47 Å². The van der Waals surface area contributed by atoms with Gasteiger partial charge in [0.25, 0.3) is 0 Å². The predicted molar refractivity (Wildman–Crippen MR) is 71.5 cm³/mol. The van der Waals surface area contributed by atoms with Crippen LogP contribution >= 0.6 is 24.0 Å². The Morgan fingerprint density at radius 3 is 2.40 bits per heavy atom. The second-order valence-corrected chi connectivity index (χ2v) is 4.20. The van der Waals surface area contributed by atoms with E-state index >= 15 is 0 Å². The molecule has 2 nitrogen and oxygen atoms in total. The Bertz CT molecular complexity index is 287. The van der Waals surface area contributed by atoms with E-state index in [2.05, 4.69) is 6.58 Å². The highest BCUT2D eigenvalue weighted by molar-refractivity contribution is 7.98. The first kappa shape index (κ1) is 14.6. The largest absolute Gasteiger partial charge is 0.218 e. The summed E-state index contributed by atoms with van der Waals surface area (Å²) in [4.78, 5) is 1.15. The molecule has 84 valence electrons. The lowest BCUT2D eigenvalue weighted by atomic mass is 10.2. The zero-order valence-electron chi connectivity index (χ0n) is 8.27. The lowest BCUT2D eigenvalue weighted by Crippen LogP contribution is -2.03. The van der Waals surface area contributed by atoms with Crippen LogP contribution in [0.1, 0.15) is 13.0 Å². The standard InChI is InChI=1S/C10H13NOS2.CH4/c1-4-9-5-7-10(8-6-9)14-11(2)12-13-3;/h4-8H,1H2,2-3H3;1H4. The summed E-state index contributed by atoms with van der Waals surface area (Å²) in [6, 6.07) is 8.15. The molecule has 0 aliphatic heterocycles. The van der Waals surface area contributed by atoms with Crippen molar-refractivity contribution in [1.82, 2.24) is 4.47 Å². The molecule has 0 radical (unpaired) electrons. The van der Waals surface area contributed by atoms with Gasteiger partial charge in [-0.05, 0) is 29.6 Å². The zero-order valence-corrected chi connectivity index (χ0v) is 9.90. The molecule has 0 bridgehead atoms. The minimum Gasteiger partial charge on any atom is -0.218 e. The van der Waals surface area contributed by atoms with E-state index in [0.717, 1.165) is 10.5 Å². The Kier molecular flexibility index (Phi) is 7.60. The molecule has 1 aromatic rings. The number of benzene rings is 1. The van der Waals surface area contributed by atoms with E-state index in [1.54, 1.807) is 16.4 Å². The van der Waals surface area contributed by atoms with Crippen molar-refractivity contribution in [2.75, 3.05) is 13.3 Å². The summed E-state index contributed by atoms with van der Waals surface area (Å²) < 4.78 is 6.91. The van der Waals surface area contributed by atoms with Gasteiger partial charge in [0, 0.05) is 30.2 Å². The Balaban J connectivity index is 0.00000196. The molecule has 0 heterocycles. The van der Waals surface area contributed by atoms with Gasteiger partial charge in [-0.1, -0.05) is 32.2 Å². The minimum atomic E-state index is 0. The topological polar surface area (TPSA) is 12.5 Å². The maximum Gasteiger partial charge on any atom is 0.0259 e. The van der Waals surface area contributed by atoms with Crippen LogP contribution < -0.4 is 0 Å². The van der Waals surface area contributed by atoms with Crippen LogP contribution in [0.5, 0.6) is 0 Å². The molecule has 0 atom stereocenters. The molecule has 15 heavy (non-hydrogen) atoms. The van der Waals surface area contributed by atoms with Crippen LogP contribution in [-0.2, 0) is 4.28 Å². The highest BCUT2D eigenvalue weighted by Crippen LogP contribution is 2.23. The third-order valence-electron chi connectivity index (χ3n) is 1.53. The second kappa shape index (κ2) is 7.82. The molecule has 1 rings (SSSR count). The van der Waals surface area contributed by atoms with Crippen LogP contribution in [-0.4, -0.2) is 17.8 Å². The molecule has 1 aromatic carbocycles.